The molecule has 0 fully saturated rings. The van der Waals surface area contributed by atoms with Gasteiger partial charge in [0.1, 0.15) is 5.56 Å². The van der Waals surface area contributed by atoms with Gasteiger partial charge in [-0.25, -0.2) is 0 Å². The number of nitrogens with zero attached hydrogens (tertiary/aromatic N) is 1. The molecule has 2 N–H and O–H groups in total. The molecular weight excluding hydrogens is 332 g/mol. The highest BCUT2D eigenvalue weighted by Crippen LogP contribution is 2.25. The van der Waals surface area contributed by atoms with Gasteiger partial charge >= 0.3 is 0 Å². The van der Waals surface area contributed by atoms with E-state index in [4.69, 9.17) is 16.7 Å². The number of nitro groups is 1. The lowest BCUT2D eigenvalue weighted by Gasteiger charge is -2.19. The molecule has 0 radical (unpaired) electrons. The molecule has 24 heavy (non-hydrogen) atoms. The molecule has 1 atom stereocenters. The molecule has 126 valence electrons. The van der Waals surface area contributed by atoms with E-state index in [0.29, 0.717) is 12.8 Å². The fourth-order valence-electron chi connectivity index (χ4n) is 2.39. The lowest BCUT2D eigenvalue weighted by atomic mass is 10.0. The zero-order valence-corrected chi connectivity index (χ0v) is 13.6. The fraction of sp³-hybridized carbons (Fsp3) is 0.235. The summed E-state index contributed by atoms with van der Waals surface area (Å²) < 4.78 is 0. The maximum Gasteiger partial charge on any atom is 0.282 e. The molecule has 2 aromatic carbocycles. The SMILES string of the molecule is O=C(NC(CCCO)c1ccccc1)c1cc(Cl)ccc1[N+](=O)[O-]. The first kappa shape index (κ1) is 17.9. The minimum Gasteiger partial charge on any atom is -0.396 e. The molecule has 6 nitrogen and oxygen atoms in total. The maximum atomic E-state index is 12.5. The number of nitrogens with one attached hydrogen (secondary N) is 1. The van der Waals surface area contributed by atoms with Crippen LogP contribution in [0.5, 0.6) is 0 Å². The molecule has 2 rings (SSSR count). The average molecular weight is 349 g/mol. The molecule has 1 amide bonds. The van der Waals surface area contributed by atoms with Gasteiger partial charge in [0.05, 0.1) is 11.0 Å². The van der Waals surface area contributed by atoms with Crippen LogP contribution >= 0.6 is 11.6 Å². The van der Waals surface area contributed by atoms with E-state index in [1.165, 1.54) is 18.2 Å². The second-order valence-corrected chi connectivity index (χ2v) is 5.66. The number of hydrogen-bond acceptors (Lipinski definition) is 4. The predicted octanol–water partition coefficient (Wildman–Crippen LogP) is 3.49. The molecule has 0 aliphatic carbocycles. The van der Waals surface area contributed by atoms with Crippen molar-refractivity contribution in [2.45, 2.75) is 18.9 Å². The Balaban J connectivity index is 2.28. The van der Waals surface area contributed by atoms with Crippen molar-refractivity contribution in [3.63, 3.8) is 0 Å². The van der Waals surface area contributed by atoms with E-state index in [-0.39, 0.29) is 28.9 Å². The number of carbonyl (C=O) groups is 1. The quantitative estimate of drug-likeness (QED) is 0.591. The molecule has 0 spiro atoms. The smallest absolute Gasteiger partial charge is 0.282 e. The second kappa shape index (κ2) is 8.42. The third-order valence-corrected chi connectivity index (χ3v) is 3.79. The molecular formula is C17H17ClN2O4. The zero-order chi connectivity index (χ0) is 17.5. The molecule has 0 saturated carbocycles. The number of rotatable bonds is 7. The van der Waals surface area contributed by atoms with Gasteiger partial charge in [-0.05, 0) is 30.5 Å². The zero-order valence-electron chi connectivity index (χ0n) is 12.8. The van der Waals surface area contributed by atoms with Crippen LogP contribution < -0.4 is 5.32 Å². The first-order valence-corrected chi connectivity index (χ1v) is 7.81. The van der Waals surface area contributed by atoms with Crippen molar-refractivity contribution in [3.05, 3.63) is 74.8 Å². The molecule has 0 aliphatic rings. The van der Waals surface area contributed by atoms with Crippen molar-refractivity contribution in [2.75, 3.05) is 6.61 Å². The topological polar surface area (TPSA) is 92.5 Å². The number of amides is 1. The maximum absolute atomic E-state index is 12.5. The number of aliphatic hydroxyl groups is 1. The molecule has 0 aliphatic heterocycles. The third kappa shape index (κ3) is 4.53. The fourth-order valence-corrected chi connectivity index (χ4v) is 2.56. The highest BCUT2D eigenvalue weighted by Gasteiger charge is 2.23. The average Bonchev–Trinajstić information content (AvgIpc) is 2.58. The Morgan fingerprint density at radius 1 is 1.25 bits per heavy atom. The normalized spacial score (nSPS) is 11.8. The van der Waals surface area contributed by atoms with E-state index in [9.17, 15) is 14.9 Å². The van der Waals surface area contributed by atoms with Crippen molar-refractivity contribution in [1.82, 2.24) is 5.32 Å². The number of aliphatic hydroxyl groups excluding tert-OH is 1. The van der Waals surface area contributed by atoms with Crippen LogP contribution in [0.25, 0.3) is 0 Å². The molecule has 1 unspecified atom stereocenters. The summed E-state index contributed by atoms with van der Waals surface area (Å²) in [5.74, 6) is -0.573. The Labute approximate surface area is 144 Å². The van der Waals surface area contributed by atoms with Gasteiger partial charge < -0.3 is 10.4 Å². The molecule has 0 heterocycles. The Hall–Kier alpha value is -2.44. The molecule has 2 aromatic rings. The summed E-state index contributed by atoms with van der Waals surface area (Å²) in [7, 11) is 0. The Morgan fingerprint density at radius 2 is 1.96 bits per heavy atom. The van der Waals surface area contributed by atoms with Crippen LogP contribution in [0.15, 0.2) is 48.5 Å². The predicted molar refractivity (Wildman–Crippen MR) is 91.1 cm³/mol. The van der Waals surface area contributed by atoms with Gasteiger partial charge in [0.2, 0.25) is 0 Å². The van der Waals surface area contributed by atoms with E-state index in [2.05, 4.69) is 5.32 Å². The number of nitro benzene ring substituents is 1. The van der Waals surface area contributed by atoms with E-state index < -0.39 is 10.8 Å². The van der Waals surface area contributed by atoms with Gasteiger partial charge in [0.15, 0.2) is 0 Å². The van der Waals surface area contributed by atoms with Crippen LogP contribution in [0.1, 0.15) is 34.8 Å². The van der Waals surface area contributed by atoms with Crippen molar-refractivity contribution in [3.8, 4) is 0 Å². The van der Waals surface area contributed by atoms with Gasteiger partial charge in [0.25, 0.3) is 11.6 Å². The van der Waals surface area contributed by atoms with E-state index in [0.717, 1.165) is 5.56 Å². The Morgan fingerprint density at radius 3 is 2.58 bits per heavy atom. The molecule has 7 heteroatoms. The van der Waals surface area contributed by atoms with Crippen LogP contribution in [-0.2, 0) is 0 Å². The lowest BCUT2D eigenvalue weighted by Crippen LogP contribution is -2.29. The van der Waals surface area contributed by atoms with Crippen LogP contribution in [-0.4, -0.2) is 22.5 Å². The highest BCUT2D eigenvalue weighted by atomic mass is 35.5. The number of benzene rings is 2. The van der Waals surface area contributed by atoms with Gasteiger partial charge in [0, 0.05) is 17.7 Å². The van der Waals surface area contributed by atoms with Crippen molar-refractivity contribution < 1.29 is 14.8 Å². The minimum atomic E-state index is -0.615. The van der Waals surface area contributed by atoms with E-state index in [1.807, 2.05) is 30.3 Å². The molecule has 0 saturated heterocycles. The first-order chi connectivity index (χ1) is 11.5. The monoisotopic (exact) mass is 348 g/mol. The number of carbonyl (C=O) groups excluding carboxylic acids is 1. The van der Waals surface area contributed by atoms with Gasteiger partial charge in [-0.1, -0.05) is 41.9 Å². The Bertz CT molecular complexity index is 722. The van der Waals surface area contributed by atoms with Crippen molar-refractivity contribution in [1.29, 1.82) is 0 Å². The number of hydrogen-bond donors (Lipinski definition) is 2. The van der Waals surface area contributed by atoms with Gasteiger partial charge in [-0.15, -0.1) is 0 Å². The highest BCUT2D eigenvalue weighted by molar-refractivity contribution is 6.31. The summed E-state index contributed by atoms with van der Waals surface area (Å²) in [6.07, 6.45) is 1.01. The third-order valence-electron chi connectivity index (χ3n) is 3.56. The lowest BCUT2D eigenvalue weighted by molar-refractivity contribution is -0.385. The van der Waals surface area contributed by atoms with Crippen molar-refractivity contribution in [2.24, 2.45) is 0 Å². The summed E-state index contributed by atoms with van der Waals surface area (Å²) in [5.41, 5.74) is 0.479. The Kier molecular flexibility index (Phi) is 6.28. The second-order valence-electron chi connectivity index (χ2n) is 5.22. The van der Waals surface area contributed by atoms with Gasteiger partial charge in [-0.3, -0.25) is 14.9 Å². The first-order valence-electron chi connectivity index (χ1n) is 7.43. The van der Waals surface area contributed by atoms with Gasteiger partial charge in [-0.2, -0.15) is 0 Å². The van der Waals surface area contributed by atoms with Crippen molar-refractivity contribution >= 4 is 23.2 Å². The van der Waals surface area contributed by atoms with E-state index in [1.54, 1.807) is 0 Å². The number of halogens is 1. The van der Waals surface area contributed by atoms with Crippen LogP contribution in [0, 0.1) is 10.1 Å². The summed E-state index contributed by atoms with van der Waals surface area (Å²) in [6.45, 7) is -0.00346. The summed E-state index contributed by atoms with van der Waals surface area (Å²) in [4.78, 5) is 23.0. The summed E-state index contributed by atoms with van der Waals surface area (Å²) in [6, 6.07) is 12.8. The standard InChI is InChI=1S/C17H17ClN2O4/c18-13-8-9-16(20(23)24)14(11-13)17(22)19-15(7-4-10-21)12-5-2-1-3-6-12/h1-3,5-6,8-9,11,15,21H,4,7,10H2,(H,19,22). The van der Waals surface area contributed by atoms with E-state index >= 15 is 0 Å². The van der Waals surface area contributed by atoms with Crippen LogP contribution in [0.3, 0.4) is 0 Å². The summed E-state index contributed by atoms with van der Waals surface area (Å²) in [5, 5.41) is 23.2. The minimum absolute atomic E-state index is 0.00346. The largest absolute Gasteiger partial charge is 0.396 e. The molecule has 0 bridgehead atoms. The van der Waals surface area contributed by atoms with Crippen LogP contribution in [0.2, 0.25) is 5.02 Å². The summed E-state index contributed by atoms with van der Waals surface area (Å²) >= 11 is 5.87. The van der Waals surface area contributed by atoms with Crippen LogP contribution in [0.4, 0.5) is 5.69 Å². The molecule has 0 aromatic heterocycles.